The standard InChI is InChI=1S/C6H12O4S/c1-5(11(7,8)9)6-2-3-10-4-6/h5-6H,2-4H2,1H3,(H,7,8,9). The summed E-state index contributed by atoms with van der Waals surface area (Å²) in [4.78, 5) is 0. The lowest BCUT2D eigenvalue weighted by Crippen LogP contribution is -2.26. The summed E-state index contributed by atoms with van der Waals surface area (Å²) in [7, 11) is -3.87. The zero-order chi connectivity index (χ0) is 8.48. The normalized spacial score (nSPS) is 28.7. The van der Waals surface area contributed by atoms with Crippen molar-refractivity contribution in [3.8, 4) is 0 Å². The molecule has 1 fully saturated rings. The average Bonchev–Trinajstić information content (AvgIpc) is 2.34. The second kappa shape index (κ2) is 3.08. The molecule has 1 heterocycles. The highest BCUT2D eigenvalue weighted by Gasteiger charge is 2.30. The topological polar surface area (TPSA) is 63.6 Å². The maximum Gasteiger partial charge on any atom is 0.267 e. The Bertz CT molecular complexity index is 215. The summed E-state index contributed by atoms with van der Waals surface area (Å²) in [6.07, 6.45) is 0.723. The van der Waals surface area contributed by atoms with E-state index in [-0.39, 0.29) is 5.92 Å². The van der Waals surface area contributed by atoms with Crippen molar-refractivity contribution in [1.29, 1.82) is 0 Å². The van der Waals surface area contributed by atoms with E-state index in [1.165, 1.54) is 6.92 Å². The molecule has 4 nitrogen and oxygen atoms in total. The first-order valence-electron chi connectivity index (χ1n) is 3.56. The quantitative estimate of drug-likeness (QED) is 0.621. The summed E-state index contributed by atoms with van der Waals surface area (Å²) >= 11 is 0. The Kier molecular flexibility index (Phi) is 2.51. The molecule has 1 N–H and O–H groups in total. The summed E-state index contributed by atoms with van der Waals surface area (Å²) in [5.41, 5.74) is 0. The highest BCUT2D eigenvalue weighted by atomic mass is 32.2. The van der Waals surface area contributed by atoms with E-state index < -0.39 is 15.4 Å². The van der Waals surface area contributed by atoms with Gasteiger partial charge in [0.15, 0.2) is 0 Å². The molecule has 0 bridgehead atoms. The monoisotopic (exact) mass is 180 g/mol. The van der Waals surface area contributed by atoms with E-state index in [0.717, 1.165) is 6.42 Å². The van der Waals surface area contributed by atoms with Crippen molar-refractivity contribution in [3.05, 3.63) is 0 Å². The van der Waals surface area contributed by atoms with Gasteiger partial charge < -0.3 is 4.74 Å². The van der Waals surface area contributed by atoms with E-state index in [4.69, 9.17) is 9.29 Å². The summed E-state index contributed by atoms with van der Waals surface area (Å²) in [6.45, 7) is 2.56. The molecule has 0 aromatic heterocycles. The van der Waals surface area contributed by atoms with Crippen LogP contribution in [0.2, 0.25) is 0 Å². The third-order valence-corrected chi connectivity index (χ3v) is 3.42. The summed E-state index contributed by atoms with van der Waals surface area (Å²) in [5, 5.41) is -0.690. The predicted octanol–water partition coefficient (Wildman–Crippen LogP) is 0.299. The fraction of sp³-hybridized carbons (Fsp3) is 1.00. The Morgan fingerprint density at radius 2 is 2.27 bits per heavy atom. The van der Waals surface area contributed by atoms with Gasteiger partial charge in [-0.1, -0.05) is 0 Å². The molecule has 2 atom stereocenters. The van der Waals surface area contributed by atoms with Crippen LogP contribution in [0, 0.1) is 5.92 Å². The molecule has 1 aliphatic heterocycles. The molecule has 0 radical (unpaired) electrons. The van der Waals surface area contributed by atoms with E-state index in [9.17, 15) is 8.42 Å². The van der Waals surface area contributed by atoms with Gasteiger partial charge in [0.1, 0.15) is 0 Å². The van der Waals surface area contributed by atoms with Gasteiger partial charge in [-0.05, 0) is 13.3 Å². The van der Waals surface area contributed by atoms with Gasteiger partial charge in [0.05, 0.1) is 11.9 Å². The number of hydrogen-bond donors (Lipinski definition) is 1. The number of rotatable bonds is 2. The van der Waals surface area contributed by atoms with Gasteiger partial charge in [-0.25, -0.2) is 0 Å². The molecule has 2 unspecified atom stereocenters. The minimum Gasteiger partial charge on any atom is -0.381 e. The first kappa shape index (κ1) is 8.96. The van der Waals surface area contributed by atoms with Gasteiger partial charge in [-0.15, -0.1) is 0 Å². The zero-order valence-corrected chi connectivity index (χ0v) is 7.17. The largest absolute Gasteiger partial charge is 0.381 e. The van der Waals surface area contributed by atoms with E-state index >= 15 is 0 Å². The first-order chi connectivity index (χ1) is 5.02. The smallest absolute Gasteiger partial charge is 0.267 e. The predicted molar refractivity (Wildman–Crippen MR) is 39.9 cm³/mol. The van der Waals surface area contributed by atoms with Crippen LogP contribution in [0.1, 0.15) is 13.3 Å². The third kappa shape index (κ3) is 2.15. The lowest BCUT2D eigenvalue weighted by Gasteiger charge is -2.13. The van der Waals surface area contributed by atoms with Gasteiger partial charge >= 0.3 is 0 Å². The van der Waals surface area contributed by atoms with Crippen molar-refractivity contribution < 1.29 is 17.7 Å². The Hall–Kier alpha value is -0.130. The van der Waals surface area contributed by atoms with Crippen LogP contribution in [0.5, 0.6) is 0 Å². The first-order valence-corrected chi connectivity index (χ1v) is 5.06. The molecule has 5 heteroatoms. The molecular formula is C6H12O4S. The van der Waals surface area contributed by atoms with Crippen LogP contribution in [0.15, 0.2) is 0 Å². The third-order valence-electron chi connectivity index (χ3n) is 2.10. The lowest BCUT2D eigenvalue weighted by molar-refractivity contribution is 0.185. The highest BCUT2D eigenvalue weighted by Crippen LogP contribution is 2.20. The van der Waals surface area contributed by atoms with E-state index in [0.29, 0.717) is 13.2 Å². The van der Waals surface area contributed by atoms with Gasteiger partial charge in [-0.3, -0.25) is 4.55 Å². The minimum absolute atomic E-state index is 0.0370. The van der Waals surface area contributed by atoms with Crippen LogP contribution in [0.3, 0.4) is 0 Å². The Morgan fingerprint density at radius 1 is 1.64 bits per heavy atom. The van der Waals surface area contributed by atoms with Crippen LogP contribution < -0.4 is 0 Å². The molecule has 0 aromatic rings. The fourth-order valence-corrected chi connectivity index (χ4v) is 1.87. The maximum absolute atomic E-state index is 10.6. The number of hydrogen-bond acceptors (Lipinski definition) is 3. The van der Waals surface area contributed by atoms with Gasteiger partial charge in [0, 0.05) is 12.5 Å². The van der Waals surface area contributed by atoms with Crippen molar-refractivity contribution in [3.63, 3.8) is 0 Å². The van der Waals surface area contributed by atoms with Crippen LogP contribution in [0.4, 0.5) is 0 Å². The van der Waals surface area contributed by atoms with E-state index in [1.807, 2.05) is 0 Å². The number of ether oxygens (including phenoxy) is 1. The van der Waals surface area contributed by atoms with Crippen molar-refractivity contribution in [2.24, 2.45) is 5.92 Å². The Balaban J connectivity index is 2.60. The van der Waals surface area contributed by atoms with Crippen molar-refractivity contribution >= 4 is 10.1 Å². The molecule has 11 heavy (non-hydrogen) atoms. The highest BCUT2D eigenvalue weighted by molar-refractivity contribution is 7.86. The van der Waals surface area contributed by atoms with Crippen LogP contribution in [-0.4, -0.2) is 31.4 Å². The fourth-order valence-electron chi connectivity index (χ4n) is 1.17. The molecule has 1 rings (SSSR count). The second-order valence-electron chi connectivity index (χ2n) is 2.84. The maximum atomic E-state index is 10.6. The Morgan fingerprint density at radius 3 is 2.64 bits per heavy atom. The van der Waals surface area contributed by atoms with Crippen molar-refractivity contribution in [1.82, 2.24) is 0 Å². The zero-order valence-electron chi connectivity index (χ0n) is 6.36. The summed E-state index contributed by atoms with van der Waals surface area (Å²) < 4.78 is 34.9. The van der Waals surface area contributed by atoms with Crippen LogP contribution in [-0.2, 0) is 14.9 Å². The molecular weight excluding hydrogens is 168 g/mol. The van der Waals surface area contributed by atoms with Crippen LogP contribution >= 0.6 is 0 Å². The van der Waals surface area contributed by atoms with Crippen molar-refractivity contribution in [2.45, 2.75) is 18.6 Å². The molecule has 0 aromatic carbocycles. The molecule has 1 saturated heterocycles. The minimum atomic E-state index is -3.87. The molecule has 0 amide bonds. The molecule has 66 valence electrons. The molecule has 1 aliphatic rings. The van der Waals surface area contributed by atoms with Gasteiger partial charge in [0.2, 0.25) is 0 Å². The molecule has 0 aliphatic carbocycles. The Labute approximate surface area is 66.3 Å². The lowest BCUT2D eigenvalue weighted by atomic mass is 10.1. The van der Waals surface area contributed by atoms with Crippen molar-refractivity contribution in [2.75, 3.05) is 13.2 Å². The SMILES string of the molecule is CC(C1CCOC1)S(=O)(=O)O. The summed E-state index contributed by atoms with van der Waals surface area (Å²) in [6, 6.07) is 0. The molecule has 0 saturated carbocycles. The van der Waals surface area contributed by atoms with Gasteiger partial charge in [0.25, 0.3) is 10.1 Å². The van der Waals surface area contributed by atoms with Crippen LogP contribution in [0.25, 0.3) is 0 Å². The summed E-state index contributed by atoms with van der Waals surface area (Å²) in [5.74, 6) is -0.0370. The van der Waals surface area contributed by atoms with E-state index in [2.05, 4.69) is 0 Å². The van der Waals surface area contributed by atoms with Gasteiger partial charge in [-0.2, -0.15) is 8.42 Å². The average molecular weight is 180 g/mol. The molecule has 0 spiro atoms. The van der Waals surface area contributed by atoms with E-state index in [1.54, 1.807) is 0 Å². The second-order valence-corrected chi connectivity index (χ2v) is 4.62.